The summed E-state index contributed by atoms with van der Waals surface area (Å²) in [4.78, 5) is 13.0. The molecule has 0 saturated heterocycles. The molecule has 0 spiro atoms. The number of benzene rings is 2. The number of sulfonamides is 1. The normalized spacial score (nSPS) is 17.4. The lowest BCUT2D eigenvalue weighted by Gasteiger charge is -2.18. The lowest BCUT2D eigenvalue weighted by molar-refractivity contribution is -0.0248. The average molecular weight is 500 g/mol. The second-order valence-electron chi connectivity index (χ2n) is 7.77. The van der Waals surface area contributed by atoms with Crippen molar-refractivity contribution in [1.82, 2.24) is 19.0 Å². The Kier molecular flexibility index (Phi) is 4.74. The van der Waals surface area contributed by atoms with Gasteiger partial charge in [0.2, 0.25) is 10.0 Å². The topological polar surface area (TPSA) is 99.1 Å². The summed E-state index contributed by atoms with van der Waals surface area (Å²) in [6.07, 6.45) is 1.48. The number of hydrogen-bond donors (Lipinski definition) is 1. The first-order valence-electron chi connectivity index (χ1n) is 9.60. The van der Waals surface area contributed by atoms with Crippen LogP contribution < -0.4 is 10.4 Å². The Labute approximate surface area is 187 Å². The van der Waals surface area contributed by atoms with Gasteiger partial charge in [-0.15, -0.1) is 0 Å². The maximum absolute atomic E-state index is 14.9. The molecule has 8 nitrogen and oxygen atoms in total. The van der Waals surface area contributed by atoms with E-state index in [2.05, 4.69) is 5.16 Å². The van der Waals surface area contributed by atoms with Crippen LogP contribution in [0, 0.1) is 17.5 Å². The van der Waals surface area contributed by atoms with Gasteiger partial charge in [0.15, 0.2) is 11.4 Å². The number of halogens is 5. The molecule has 1 aliphatic rings. The summed E-state index contributed by atoms with van der Waals surface area (Å²) in [6, 6.07) is 3.10. The Balaban J connectivity index is 1.70. The van der Waals surface area contributed by atoms with Crippen molar-refractivity contribution in [3.8, 4) is 16.9 Å². The Morgan fingerprint density at radius 1 is 1.18 bits per heavy atom. The molecule has 0 amide bonds. The maximum atomic E-state index is 14.9. The van der Waals surface area contributed by atoms with E-state index >= 15 is 0 Å². The van der Waals surface area contributed by atoms with Crippen LogP contribution in [0.3, 0.4) is 0 Å². The van der Waals surface area contributed by atoms with Crippen molar-refractivity contribution in [3.63, 3.8) is 0 Å². The number of fused-ring (bicyclic) bond motifs is 2. The predicted molar refractivity (Wildman–Crippen MR) is 109 cm³/mol. The van der Waals surface area contributed by atoms with E-state index in [1.54, 1.807) is 4.72 Å². The van der Waals surface area contributed by atoms with E-state index in [0.717, 1.165) is 6.20 Å². The van der Waals surface area contributed by atoms with Gasteiger partial charge in [-0.25, -0.2) is 35.7 Å². The minimum Gasteiger partial charge on any atom is -0.354 e. The first-order chi connectivity index (χ1) is 15.9. The van der Waals surface area contributed by atoms with Crippen LogP contribution >= 0.6 is 0 Å². The number of aromatic nitrogens is 3. The smallest absolute Gasteiger partial charge is 0.334 e. The van der Waals surface area contributed by atoms with Gasteiger partial charge in [0.25, 0.3) is 0 Å². The first-order valence-corrected chi connectivity index (χ1v) is 11.5. The molecule has 4 aromatic rings. The second kappa shape index (κ2) is 7.24. The third-order valence-electron chi connectivity index (χ3n) is 5.46. The molecule has 0 radical (unpaired) electrons. The molecular formula is C20H13F5N4O4S. The van der Waals surface area contributed by atoms with Crippen molar-refractivity contribution < 1.29 is 34.9 Å². The highest BCUT2D eigenvalue weighted by molar-refractivity contribution is 7.88. The fourth-order valence-electron chi connectivity index (χ4n) is 4.07. The monoisotopic (exact) mass is 500 g/mol. The van der Waals surface area contributed by atoms with Gasteiger partial charge in [0.1, 0.15) is 29.2 Å². The summed E-state index contributed by atoms with van der Waals surface area (Å²) >= 11 is 0. The number of rotatable bonds is 4. The van der Waals surface area contributed by atoms with E-state index in [4.69, 9.17) is 4.52 Å². The molecular weight excluding hydrogens is 487 g/mol. The molecule has 0 unspecified atom stereocenters. The molecule has 5 rings (SSSR count). The highest BCUT2D eigenvalue weighted by atomic mass is 32.2. The predicted octanol–water partition coefficient (Wildman–Crippen LogP) is 2.89. The van der Waals surface area contributed by atoms with E-state index in [1.165, 1.54) is 18.2 Å². The number of imidazole rings is 1. The molecule has 14 heteroatoms. The highest BCUT2D eigenvalue weighted by Gasteiger charge is 2.52. The van der Waals surface area contributed by atoms with Crippen LogP contribution in [0.2, 0.25) is 0 Å². The Morgan fingerprint density at radius 3 is 2.47 bits per heavy atom. The summed E-state index contributed by atoms with van der Waals surface area (Å²) < 4.78 is 103. The minimum atomic E-state index is -3.99. The Bertz CT molecular complexity index is 1620. The zero-order valence-electron chi connectivity index (χ0n) is 17.0. The Morgan fingerprint density at radius 2 is 1.85 bits per heavy atom. The van der Waals surface area contributed by atoms with Crippen LogP contribution in [0.4, 0.5) is 22.0 Å². The van der Waals surface area contributed by atoms with Gasteiger partial charge in [0.05, 0.1) is 23.8 Å². The van der Waals surface area contributed by atoms with Crippen molar-refractivity contribution in [2.45, 2.75) is 18.5 Å². The third kappa shape index (κ3) is 3.32. The van der Waals surface area contributed by atoms with Crippen molar-refractivity contribution >= 4 is 21.0 Å². The Hall–Kier alpha value is -3.52. The highest BCUT2D eigenvalue weighted by Crippen LogP contribution is 2.40. The molecule has 34 heavy (non-hydrogen) atoms. The molecule has 2 aromatic carbocycles. The van der Waals surface area contributed by atoms with Crippen molar-refractivity contribution in [2.75, 3.05) is 6.26 Å². The van der Waals surface area contributed by atoms with E-state index < -0.39 is 62.9 Å². The number of nitrogens with zero attached hydrogens (tertiary/aromatic N) is 3. The van der Waals surface area contributed by atoms with E-state index in [1.807, 2.05) is 0 Å². The molecule has 1 atom stereocenters. The average Bonchev–Trinajstić information content (AvgIpc) is 3.34. The SMILES string of the molecule is CS(=O)(=O)N[C@@H]1Cn2c(cn(-c3noc4cccc(-c5c(F)cc(F)cc5F)c34)c2=O)C1(F)F. The van der Waals surface area contributed by atoms with Gasteiger partial charge in [-0.3, -0.25) is 4.57 Å². The zero-order valence-corrected chi connectivity index (χ0v) is 17.8. The zero-order chi connectivity index (χ0) is 24.6. The summed E-state index contributed by atoms with van der Waals surface area (Å²) in [5.74, 6) is -7.68. The fourth-order valence-corrected chi connectivity index (χ4v) is 4.81. The molecule has 178 valence electrons. The largest absolute Gasteiger partial charge is 0.354 e. The molecule has 0 bridgehead atoms. The van der Waals surface area contributed by atoms with Crippen LogP contribution in [0.25, 0.3) is 27.9 Å². The van der Waals surface area contributed by atoms with Crippen molar-refractivity contribution in [2.24, 2.45) is 0 Å². The fraction of sp³-hybridized carbons (Fsp3) is 0.200. The molecule has 3 heterocycles. The lowest BCUT2D eigenvalue weighted by atomic mass is 10.00. The molecule has 1 N–H and O–H groups in total. The summed E-state index contributed by atoms with van der Waals surface area (Å²) in [5.41, 5.74) is -2.58. The van der Waals surface area contributed by atoms with Crippen molar-refractivity contribution in [3.05, 3.63) is 70.2 Å². The minimum absolute atomic E-state index is 0.0164. The number of hydrogen-bond acceptors (Lipinski definition) is 5. The van der Waals surface area contributed by atoms with Gasteiger partial charge < -0.3 is 4.52 Å². The molecule has 0 saturated carbocycles. The van der Waals surface area contributed by atoms with Crippen LogP contribution in [0.5, 0.6) is 0 Å². The van der Waals surface area contributed by atoms with Crippen molar-refractivity contribution in [1.29, 1.82) is 0 Å². The van der Waals surface area contributed by atoms with Gasteiger partial charge >= 0.3 is 11.6 Å². The second-order valence-corrected chi connectivity index (χ2v) is 9.55. The van der Waals surface area contributed by atoms with Gasteiger partial charge in [-0.05, 0) is 6.07 Å². The summed E-state index contributed by atoms with van der Waals surface area (Å²) in [5, 5.41) is 3.65. The van der Waals surface area contributed by atoms with Gasteiger partial charge in [0, 0.05) is 23.9 Å². The lowest BCUT2D eigenvalue weighted by Crippen LogP contribution is -2.44. The van der Waals surface area contributed by atoms with Crippen LogP contribution in [0.1, 0.15) is 5.69 Å². The first kappa shape index (κ1) is 22.3. The number of nitrogens with one attached hydrogen (secondary N) is 1. The molecule has 2 aromatic heterocycles. The van der Waals surface area contributed by atoms with Crippen LogP contribution in [-0.4, -0.2) is 35.0 Å². The molecule has 1 aliphatic heterocycles. The van der Waals surface area contributed by atoms with E-state index in [0.29, 0.717) is 27.5 Å². The standard InChI is InChI=1S/C20H13F5N4O4S/c1-34(31,32)27-14-7-28-15(20(14,24)25)8-29(19(28)30)18-17-10(3-2-4-13(17)33-26-18)16-11(22)5-9(21)6-12(16)23/h2-6,8,14,27H,7H2,1H3/t14-/m1/s1. The summed E-state index contributed by atoms with van der Waals surface area (Å²) in [7, 11) is -3.99. The van der Waals surface area contributed by atoms with Gasteiger partial charge in [-0.1, -0.05) is 17.3 Å². The maximum Gasteiger partial charge on any atom is 0.334 e. The summed E-state index contributed by atoms with van der Waals surface area (Å²) in [6.45, 7) is -0.662. The number of alkyl halides is 2. The van der Waals surface area contributed by atoms with Gasteiger partial charge in [-0.2, -0.15) is 8.78 Å². The van der Waals surface area contributed by atoms with Crippen LogP contribution in [-0.2, 0) is 22.5 Å². The van der Waals surface area contributed by atoms with Crippen LogP contribution in [0.15, 0.2) is 45.8 Å². The quantitative estimate of drug-likeness (QED) is 0.435. The van der Waals surface area contributed by atoms with E-state index in [9.17, 15) is 35.2 Å². The molecule has 0 fully saturated rings. The molecule has 0 aliphatic carbocycles. The van der Waals surface area contributed by atoms with E-state index in [-0.39, 0.29) is 22.4 Å². The third-order valence-corrected chi connectivity index (χ3v) is 6.18.